The molecule has 1 fully saturated rings. The van der Waals surface area contributed by atoms with Crippen molar-refractivity contribution in [2.24, 2.45) is 0 Å². The van der Waals surface area contributed by atoms with Crippen molar-refractivity contribution in [3.8, 4) is 10.6 Å². The quantitative estimate of drug-likeness (QED) is 0.901. The summed E-state index contributed by atoms with van der Waals surface area (Å²) in [6, 6.07) is 9.23. The van der Waals surface area contributed by atoms with E-state index in [9.17, 15) is 0 Å². The highest BCUT2D eigenvalue weighted by atomic mass is 32.1. The van der Waals surface area contributed by atoms with Crippen molar-refractivity contribution >= 4 is 17.0 Å². The summed E-state index contributed by atoms with van der Waals surface area (Å²) < 4.78 is 0. The Kier molecular flexibility index (Phi) is 4.88. The van der Waals surface area contributed by atoms with Crippen LogP contribution in [0.5, 0.6) is 0 Å². The monoisotopic (exact) mass is 301 g/mol. The Bertz CT molecular complexity index is 545. The number of nitrogens with zero attached hydrogens (tertiary/aromatic N) is 2. The molecule has 0 spiro atoms. The van der Waals surface area contributed by atoms with Crippen molar-refractivity contribution in [3.63, 3.8) is 0 Å². The van der Waals surface area contributed by atoms with Crippen LogP contribution in [0.3, 0.4) is 0 Å². The molecular weight excluding hydrogens is 278 g/mol. The van der Waals surface area contributed by atoms with Crippen LogP contribution in [0.2, 0.25) is 0 Å². The van der Waals surface area contributed by atoms with Crippen LogP contribution < -0.4 is 5.32 Å². The summed E-state index contributed by atoms with van der Waals surface area (Å²) in [5.74, 6) is 0. The van der Waals surface area contributed by atoms with E-state index in [2.05, 4.69) is 46.4 Å². The van der Waals surface area contributed by atoms with Crippen molar-refractivity contribution in [3.05, 3.63) is 35.8 Å². The number of thiazole rings is 1. The van der Waals surface area contributed by atoms with Gasteiger partial charge in [-0.1, -0.05) is 19.1 Å². The first-order chi connectivity index (χ1) is 10.3. The summed E-state index contributed by atoms with van der Waals surface area (Å²) in [5.41, 5.74) is 2.43. The molecule has 3 rings (SSSR count). The maximum atomic E-state index is 4.39. The van der Waals surface area contributed by atoms with E-state index in [1.54, 1.807) is 11.3 Å². The molecule has 0 radical (unpaired) electrons. The van der Waals surface area contributed by atoms with Gasteiger partial charge in [-0.25, -0.2) is 4.98 Å². The molecule has 1 aliphatic heterocycles. The first-order valence-electron chi connectivity index (χ1n) is 7.84. The Morgan fingerprint density at radius 3 is 2.90 bits per heavy atom. The lowest BCUT2D eigenvalue weighted by molar-refractivity contribution is 0.219. The number of piperidine rings is 1. The minimum atomic E-state index is 0.602. The third-order valence-electron chi connectivity index (χ3n) is 4.04. The summed E-state index contributed by atoms with van der Waals surface area (Å²) >= 11 is 1.69. The first-order valence-corrected chi connectivity index (χ1v) is 8.72. The summed E-state index contributed by atoms with van der Waals surface area (Å²) in [6.45, 7) is 5.94. The van der Waals surface area contributed by atoms with E-state index in [1.165, 1.54) is 50.1 Å². The molecule has 3 nitrogen and oxygen atoms in total. The van der Waals surface area contributed by atoms with Gasteiger partial charge in [0.2, 0.25) is 0 Å². The lowest BCUT2D eigenvalue weighted by atomic mass is 10.0. The van der Waals surface area contributed by atoms with Gasteiger partial charge in [0.25, 0.3) is 0 Å². The standard InChI is InChI=1S/C17H23N3S/c1-2-9-20-10-6-15(7-11-20)19-16-5-3-4-14(13-16)17-18-8-12-21-17/h3-5,8,12-13,15,19H,2,6-7,9-11H2,1H3. The summed E-state index contributed by atoms with van der Waals surface area (Å²) in [5, 5.41) is 6.82. The van der Waals surface area contributed by atoms with Gasteiger partial charge in [-0.2, -0.15) is 0 Å². The zero-order chi connectivity index (χ0) is 14.5. The molecule has 1 N–H and O–H groups in total. The molecule has 0 unspecified atom stereocenters. The van der Waals surface area contributed by atoms with Crippen LogP contribution in [-0.4, -0.2) is 35.6 Å². The molecule has 0 bridgehead atoms. The summed E-state index contributed by atoms with van der Waals surface area (Å²) in [7, 11) is 0. The lowest BCUT2D eigenvalue weighted by Crippen LogP contribution is -2.39. The van der Waals surface area contributed by atoms with Gasteiger partial charge in [0.15, 0.2) is 0 Å². The van der Waals surface area contributed by atoms with Gasteiger partial charge >= 0.3 is 0 Å². The zero-order valence-corrected chi connectivity index (χ0v) is 13.4. The van der Waals surface area contributed by atoms with Gasteiger partial charge in [-0.3, -0.25) is 0 Å². The predicted octanol–water partition coefficient (Wildman–Crippen LogP) is 4.10. The smallest absolute Gasteiger partial charge is 0.123 e. The number of rotatable bonds is 5. The van der Waals surface area contributed by atoms with Gasteiger partial charge in [0.1, 0.15) is 5.01 Å². The number of anilines is 1. The number of aromatic nitrogens is 1. The average molecular weight is 301 g/mol. The van der Waals surface area contributed by atoms with Crippen LogP contribution in [0.1, 0.15) is 26.2 Å². The van der Waals surface area contributed by atoms with Gasteiger partial charge in [-0.15, -0.1) is 11.3 Å². The van der Waals surface area contributed by atoms with E-state index in [0.29, 0.717) is 6.04 Å². The largest absolute Gasteiger partial charge is 0.382 e. The molecule has 1 aliphatic rings. The van der Waals surface area contributed by atoms with Gasteiger partial charge in [0, 0.05) is 42.0 Å². The first kappa shape index (κ1) is 14.5. The molecular formula is C17H23N3S. The van der Waals surface area contributed by atoms with E-state index < -0.39 is 0 Å². The zero-order valence-electron chi connectivity index (χ0n) is 12.6. The van der Waals surface area contributed by atoms with E-state index in [4.69, 9.17) is 0 Å². The van der Waals surface area contributed by atoms with Crippen LogP contribution in [-0.2, 0) is 0 Å². The Balaban J connectivity index is 1.60. The van der Waals surface area contributed by atoms with E-state index in [0.717, 1.165) is 5.01 Å². The minimum absolute atomic E-state index is 0.602. The van der Waals surface area contributed by atoms with Crippen molar-refractivity contribution in [1.82, 2.24) is 9.88 Å². The third-order valence-corrected chi connectivity index (χ3v) is 4.86. The summed E-state index contributed by atoms with van der Waals surface area (Å²) in [4.78, 5) is 6.96. The van der Waals surface area contributed by atoms with Crippen LogP contribution in [0, 0.1) is 0 Å². The van der Waals surface area contributed by atoms with Crippen LogP contribution >= 0.6 is 11.3 Å². The molecule has 1 aromatic heterocycles. The Morgan fingerprint density at radius 1 is 1.33 bits per heavy atom. The molecule has 0 amide bonds. The minimum Gasteiger partial charge on any atom is -0.382 e. The highest BCUT2D eigenvalue weighted by Crippen LogP contribution is 2.25. The highest BCUT2D eigenvalue weighted by Gasteiger charge is 2.18. The maximum absolute atomic E-state index is 4.39. The van der Waals surface area contributed by atoms with E-state index >= 15 is 0 Å². The van der Waals surface area contributed by atoms with E-state index in [1.807, 2.05) is 11.6 Å². The molecule has 21 heavy (non-hydrogen) atoms. The van der Waals surface area contributed by atoms with Crippen LogP contribution in [0.15, 0.2) is 35.8 Å². The second-order valence-corrected chi connectivity index (χ2v) is 6.57. The Hall–Kier alpha value is -1.39. The van der Waals surface area contributed by atoms with Crippen molar-refractivity contribution in [2.75, 3.05) is 25.0 Å². The van der Waals surface area contributed by atoms with Crippen molar-refractivity contribution in [1.29, 1.82) is 0 Å². The molecule has 0 saturated carbocycles. The fraction of sp³-hybridized carbons (Fsp3) is 0.471. The molecule has 0 atom stereocenters. The second-order valence-electron chi connectivity index (χ2n) is 5.68. The molecule has 4 heteroatoms. The second kappa shape index (κ2) is 7.05. The molecule has 112 valence electrons. The lowest BCUT2D eigenvalue weighted by Gasteiger charge is -2.32. The Labute approximate surface area is 131 Å². The van der Waals surface area contributed by atoms with Gasteiger partial charge in [0.05, 0.1) is 0 Å². The highest BCUT2D eigenvalue weighted by molar-refractivity contribution is 7.13. The van der Waals surface area contributed by atoms with Crippen LogP contribution in [0.4, 0.5) is 5.69 Å². The number of likely N-dealkylation sites (tertiary alicyclic amines) is 1. The molecule has 2 heterocycles. The number of nitrogens with one attached hydrogen (secondary N) is 1. The normalized spacial score (nSPS) is 17.0. The van der Waals surface area contributed by atoms with E-state index in [-0.39, 0.29) is 0 Å². The SMILES string of the molecule is CCCN1CCC(Nc2cccc(-c3nccs3)c2)CC1. The van der Waals surface area contributed by atoms with Crippen LogP contribution in [0.25, 0.3) is 10.6 Å². The van der Waals surface area contributed by atoms with Crippen molar-refractivity contribution < 1.29 is 0 Å². The van der Waals surface area contributed by atoms with Gasteiger partial charge in [-0.05, 0) is 37.9 Å². The number of hydrogen-bond donors (Lipinski definition) is 1. The molecule has 1 saturated heterocycles. The topological polar surface area (TPSA) is 28.2 Å². The fourth-order valence-electron chi connectivity index (χ4n) is 2.96. The average Bonchev–Trinajstić information content (AvgIpc) is 3.04. The summed E-state index contributed by atoms with van der Waals surface area (Å²) in [6.07, 6.45) is 5.60. The third kappa shape index (κ3) is 3.83. The number of benzene rings is 1. The number of hydrogen-bond acceptors (Lipinski definition) is 4. The fourth-order valence-corrected chi connectivity index (χ4v) is 3.60. The predicted molar refractivity (Wildman–Crippen MR) is 90.9 cm³/mol. The van der Waals surface area contributed by atoms with Crippen molar-refractivity contribution in [2.45, 2.75) is 32.2 Å². The molecule has 2 aromatic rings. The Morgan fingerprint density at radius 2 is 2.19 bits per heavy atom. The maximum Gasteiger partial charge on any atom is 0.123 e. The van der Waals surface area contributed by atoms with Gasteiger partial charge < -0.3 is 10.2 Å². The molecule has 1 aromatic carbocycles. The molecule has 0 aliphatic carbocycles.